The molecule has 0 bridgehead atoms. The van der Waals surface area contributed by atoms with E-state index in [-0.39, 0.29) is 5.91 Å². The van der Waals surface area contributed by atoms with Gasteiger partial charge in [-0.15, -0.1) is 11.8 Å². The van der Waals surface area contributed by atoms with Gasteiger partial charge in [-0.25, -0.2) is 9.97 Å². The summed E-state index contributed by atoms with van der Waals surface area (Å²) in [7, 11) is 0. The average Bonchev–Trinajstić information content (AvgIpc) is 3.55. The Bertz CT molecular complexity index is 1470. The van der Waals surface area contributed by atoms with Gasteiger partial charge in [0.1, 0.15) is 5.82 Å². The summed E-state index contributed by atoms with van der Waals surface area (Å²) in [5.74, 6) is 0.932. The fraction of sp³-hybridized carbons (Fsp3) is 0.310. The Labute approximate surface area is 215 Å². The lowest BCUT2D eigenvalue weighted by Crippen LogP contribution is -2.23. The first-order chi connectivity index (χ1) is 17.5. The van der Waals surface area contributed by atoms with Gasteiger partial charge in [0.15, 0.2) is 0 Å². The van der Waals surface area contributed by atoms with E-state index in [2.05, 4.69) is 34.3 Å². The molecule has 36 heavy (non-hydrogen) atoms. The molecule has 2 aliphatic rings. The van der Waals surface area contributed by atoms with Gasteiger partial charge in [0.05, 0.1) is 29.1 Å². The van der Waals surface area contributed by atoms with E-state index in [1.165, 1.54) is 24.8 Å². The summed E-state index contributed by atoms with van der Waals surface area (Å²) in [6.45, 7) is 4.60. The molecule has 182 valence electrons. The van der Waals surface area contributed by atoms with E-state index in [1.54, 1.807) is 11.8 Å². The van der Waals surface area contributed by atoms with Gasteiger partial charge in [-0.1, -0.05) is 12.1 Å². The second kappa shape index (κ2) is 9.21. The van der Waals surface area contributed by atoms with Crippen LogP contribution < -0.4 is 10.2 Å². The molecule has 1 saturated heterocycles. The van der Waals surface area contributed by atoms with E-state index >= 15 is 0 Å². The molecule has 3 aromatic heterocycles. The Kier molecular flexibility index (Phi) is 5.88. The number of rotatable bonds is 6. The summed E-state index contributed by atoms with van der Waals surface area (Å²) in [6, 6.07) is 18.0. The summed E-state index contributed by atoms with van der Waals surface area (Å²) < 4.78 is 0. The molecule has 1 aromatic carbocycles. The largest absolute Gasteiger partial charge is 0.356 e. The first-order valence-corrected chi connectivity index (χ1v) is 13.7. The average molecular weight is 496 g/mol. The monoisotopic (exact) mass is 495 g/mol. The number of thioether (sulfide) groups is 1. The van der Waals surface area contributed by atoms with Crippen LogP contribution in [0.3, 0.4) is 0 Å². The minimum atomic E-state index is -0.107. The van der Waals surface area contributed by atoms with Gasteiger partial charge in [-0.2, -0.15) is 0 Å². The molecule has 6 rings (SSSR count). The van der Waals surface area contributed by atoms with E-state index < -0.39 is 0 Å². The van der Waals surface area contributed by atoms with Gasteiger partial charge >= 0.3 is 0 Å². The van der Waals surface area contributed by atoms with Crippen molar-refractivity contribution < 1.29 is 4.79 Å². The van der Waals surface area contributed by atoms with Crippen LogP contribution in [0.2, 0.25) is 0 Å². The predicted molar refractivity (Wildman–Crippen MR) is 145 cm³/mol. The number of pyridine rings is 3. The van der Waals surface area contributed by atoms with Crippen LogP contribution in [0, 0.1) is 12.3 Å². The molecular weight excluding hydrogens is 466 g/mol. The van der Waals surface area contributed by atoms with Crippen molar-refractivity contribution in [2.75, 3.05) is 24.2 Å². The first-order valence-electron chi connectivity index (χ1n) is 12.4. The Balaban J connectivity index is 1.19. The molecule has 4 heterocycles. The molecule has 1 aliphatic carbocycles. The highest BCUT2D eigenvalue weighted by Gasteiger charge is 2.47. The second-order valence-corrected chi connectivity index (χ2v) is 10.8. The van der Waals surface area contributed by atoms with Crippen molar-refractivity contribution in [2.24, 2.45) is 5.41 Å². The van der Waals surface area contributed by atoms with Crippen LogP contribution in [0.5, 0.6) is 0 Å². The van der Waals surface area contributed by atoms with Crippen molar-refractivity contribution in [1.29, 1.82) is 0 Å². The molecule has 0 atom stereocenters. The summed E-state index contributed by atoms with van der Waals surface area (Å²) in [5.41, 5.74) is 5.72. The summed E-state index contributed by atoms with van der Waals surface area (Å²) in [5, 5.41) is 3.95. The minimum absolute atomic E-state index is 0.107. The zero-order valence-electron chi connectivity index (χ0n) is 20.6. The summed E-state index contributed by atoms with van der Waals surface area (Å²) in [6.07, 6.45) is 7.83. The number of fused-ring (bicyclic) bond motifs is 1. The molecule has 4 aromatic rings. The molecular formula is C29H29N5OS. The van der Waals surface area contributed by atoms with Crippen molar-refractivity contribution in [1.82, 2.24) is 20.3 Å². The highest BCUT2D eigenvalue weighted by Crippen LogP contribution is 2.53. The van der Waals surface area contributed by atoms with Crippen LogP contribution in [0.25, 0.3) is 22.3 Å². The molecule has 6 nitrogen and oxygen atoms in total. The fourth-order valence-corrected chi connectivity index (χ4v) is 5.62. The van der Waals surface area contributed by atoms with Crippen molar-refractivity contribution in [3.8, 4) is 11.4 Å². The number of nitrogens with one attached hydrogen (secondary N) is 1. The van der Waals surface area contributed by atoms with E-state index in [0.29, 0.717) is 17.5 Å². The highest BCUT2D eigenvalue weighted by molar-refractivity contribution is 7.98. The van der Waals surface area contributed by atoms with Crippen molar-refractivity contribution in [3.63, 3.8) is 0 Å². The normalized spacial score (nSPS) is 16.0. The number of aromatic nitrogens is 3. The van der Waals surface area contributed by atoms with E-state index in [4.69, 9.17) is 9.97 Å². The zero-order chi connectivity index (χ0) is 24.7. The topological polar surface area (TPSA) is 71.0 Å². The number of hydrogen-bond acceptors (Lipinski definition) is 6. The Morgan fingerprint density at radius 3 is 2.72 bits per heavy atom. The Hall–Kier alpha value is -3.45. The first kappa shape index (κ1) is 23.0. The number of amides is 1. The van der Waals surface area contributed by atoms with Crippen LogP contribution in [-0.4, -0.2) is 40.2 Å². The van der Waals surface area contributed by atoms with Crippen LogP contribution in [0.4, 0.5) is 5.82 Å². The minimum Gasteiger partial charge on any atom is -0.356 e. The Morgan fingerprint density at radius 1 is 1.06 bits per heavy atom. The van der Waals surface area contributed by atoms with Crippen LogP contribution >= 0.6 is 11.8 Å². The lowest BCUT2D eigenvalue weighted by Gasteiger charge is -2.18. The van der Waals surface area contributed by atoms with E-state index in [9.17, 15) is 4.79 Å². The lowest BCUT2D eigenvalue weighted by molar-refractivity contribution is 0.0950. The third kappa shape index (κ3) is 4.55. The maximum absolute atomic E-state index is 12.7. The molecule has 1 N–H and O–H groups in total. The molecule has 1 aliphatic heterocycles. The predicted octanol–water partition coefficient (Wildman–Crippen LogP) is 5.64. The maximum atomic E-state index is 12.7. The standard InChI is InChI=1S/C29H29N5OS/c1-19-6-7-20(14-26(19)36-2)28(35)31-17-22-15-25-21(16-30-22)8-9-24(32-25)23-4-3-5-27(33-23)34-13-12-29(18-34)10-11-29/h3-9,14-16H,10-13,17-18H2,1-2H3,(H,31,35). The van der Waals surface area contributed by atoms with Crippen LogP contribution in [0.1, 0.15) is 40.9 Å². The number of nitrogens with zero attached hydrogens (tertiary/aromatic N) is 4. The molecule has 1 saturated carbocycles. The molecule has 0 radical (unpaired) electrons. The van der Waals surface area contributed by atoms with E-state index in [0.717, 1.165) is 51.8 Å². The maximum Gasteiger partial charge on any atom is 0.251 e. The van der Waals surface area contributed by atoms with Crippen molar-refractivity contribution in [2.45, 2.75) is 37.6 Å². The Morgan fingerprint density at radius 2 is 1.92 bits per heavy atom. The number of hydrogen-bond donors (Lipinski definition) is 1. The molecule has 2 fully saturated rings. The third-order valence-electron chi connectivity index (χ3n) is 7.45. The van der Waals surface area contributed by atoms with Gasteiger partial charge in [0.2, 0.25) is 0 Å². The second-order valence-electron chi connectivity index (χ2n) is 9.98. The SMILES string of the molecule is CSc1cc(C(=O)NCc2cc3nc(-c4cccc(N5CCC6(CC6)C5)n4)ccc3cn2)ccc1C. The van der Waals surface area contributed by atoms with Crippen molar-refractivity contribution >= 4 is 34.4 Å². The van der Waals surface area contributed by atoms with E-state index in [1.807, 2.05) is 54.9 Å². The van der Waals surface area contributed by atoms with Crippen molar-refractivity contribution in [3.05, 3.63) is 77.6 Å². The highest BCUT2D eigenvalue weighted by atomic mass is 32.2. The molecule has 7 heteroatoms. The van der Waals surface area contributed by atoms with Gasteiger partial charge < -0.3 is 10.2 Å². The van der Waals surface area contributed by atoms with Gasteiger partial charge in [-0.05, 0) is 85.9 Å². The fourth-order valence-electron chi connectivity index (χ4n) is 4.99. The zero-order valence-corrected chi connectivity index (χ0v) is 21.4. The van der Waals surface area contributed by atoms with Gasteiger partial charge in [-0.3, -0.25) is 9.78 Å². The number of carbonyl (C=O) groups excluding carboxylic acids is 1. The smallest absolute Gasteiger partial charge is 0.251 e. The van der Waals surface area contributed by atoms with Gasteiger partial charge in [0, 0.05) is 35.1 Å². The number of carbonyl (C=O) groups is 1. The molecule has 0 unspecified atom stereocenters. The quantitative estimate of drug-likeness (QED) is 0.349. The molecule has 1 amide bonds. The number of aryl methyl sites for hydroxylation is 1. The van der Waals surface area contributed by atoms with Crippen LogP contribution in [-0.2, 0) is 6.54 Å². The summed E-state index contributed by atoms with van der Waals surface area (Å²) >= 11 is 1.64. The molecule has 1 spiro atoms. The summed E-state index contributed by atoms with van der Waals surface area (Å²) in [4.78, 5) is 30.6. The van der Waals surface area contributed by atoms with Crippen LogP contribution in [0.15, 0.2) is 65.7 Å². The van der Waals surface area contributed by atoms with Gasteiger partial charge in [0.25, 0.3) is 5.91 Å². The number of anilines is 1. The lowest BCUT2D eigenvalue weighted by atomic mass is 10.1. The number of benzene rings is 1. The third-order valence-corrected chi connectivity index (χ3v) is 8.33.